The van der Waals surface area contributed by atoms with Gasteiger partial charge in [-0.1, -0.05) is 12.8 Å². The van der Waals surface area contributed by atoms with Gasteiger partial charge >= 0.3 is 0 Å². The van der Waals surface area contributed by atoms with Gasteiger partial charge in [0.2, 0.25) is 11.7 Å². The fourth-order valence-corrected chi connectivity index (χ4v) is 3.79. The third-order valence-corrected chi connectivity index (χ3v) is 5.27. The summed E-state index contributed by atoms with van der Waals surface area (Å²) in [6.45, 7) is 2.72. The van der Waals surface area contributed by atoms with Crippen LogP contribution < -0.4 is 16.0 Å². The van der Waals surface area contributed by atoms with Gasteiger partial charge in [-0.2, -0.15) is 0 Å². The van der Waals surface area contributed by atoms with E-state index in [1.807, 2.05) is 6.92 Å². The molecule has 149 valence electrons. The number of ether oxygens (including phenoxy) is 1. The summed E-state index contributed by atoms with van der Waals surface area (Å²) in [7, 11) is 0. The second kappa shape index (κ2) is 7.93. The second-order valence-electron chi connectivity index (χ2n) is 7.03. The number of hydrogen-bond acceptors (Lipinski definition) is 5. The van der Waals surface area contributed by atoms with E-state index in [1.54, 1.807) is 23.1 Å². The Morgan fingerprint density at radius 3 is 2.68 bits per heavy atom. The molecular formula is C18H22N5O5. The van der Waals surface area contributed by atoms with Crippen molar-refractivity contribution in [1.82, 2.24) is 5.73 Å². The Bertz CT molecular complexity index is 832. The molecule has 10 nitrogen and oxygen atoms in total. The normalized spacial score (nSPS) is 20.2. The molecule has 10 heteroatoms. The molecule has 1 aliphatic carbocycles. The van der Waals surface area contributed by atoms with Crippen LogP contribution in [0.3, 0.4) is 0 Å². The summed E-state index contributed by atoms with van der Waals surface area (Å²) in [5.41, 5.74) is 8.29. The van der Waals surface area contributed by atoms with E-state index in [0.29, 0.717) is 31.7 Å². The van der Waals surface area contributed by atoms with Gasteiger partial charge in [-0.15, -0.1) is 0 Å². The molecule has 1 aliphatic heterocycles. The van der Waals surface area contributed by atoms with Gasteiger partial charge in [-0.3, -0.25) is 15.3 Å². The number of benzene rings is 1. The first kappa shape index (κ1) is 19.7. The molecule has 2 fully saturated rings. The Labute approximate surface area is 161 Å². The van der Waals surface area contributed by atoms with Crippen LogP contribution in [0.2, 0.25) is 0 Å². The number of carbonyl (C=O) groups excluding carboxylic acids is 2. The maximum absolute atomic E-state index is 12.7. The van der Waals surface area contributed by atoms with E-state index in [4.69, 9.17) is 10.5 Å². The summed E-state index contributed by atoms with van der Waals surface area (Å²) in [6, 6.07) is 5.16. The molecule has 1 heterocycles. The van der Waals surface area contributed by atoms with Crippen molar-refractivity contribution in [3.63, 3.8) is 0 Å². The SMILES string of the molecule is Cc1cc(NC(=O)C2(C([NH])=O)CCCC2)ccc1N1CCOCC1=N[N+](=O)[O-]. The highest BCUT2D eigenvalue weighted by Gasteiger charge is 2.47. The van der Waals surface area contributed by atoms with E-state index in [2.05, 4.69) is 10.4 Å². The van der Waals surface area contributed by atoms with Crippen molar-refractivity contribution in [2.45, 2.75) is 32.6 Å². The third-order valence-electron chi connectivity index (χ3n) is 5.27. The summed E-state index contributed by atoms with van der Waals surface area (Å²) in [4.78, 5) is 36.9. The quantitative estimate of drug-likeness (QED) is 0.463. The van der Waals surface area contributed by atoms with E-state index in [-0.39, 0.29) is 12.4 Å². The third kappa shape index (κ3) is 3.81. The molecule has 1 radical (unpaired) electrons. The average molecular weight is 388 g/mol. The molecular weight excluding hydrogens is 366 g/mol. The molecule has 3 rings (SSSR count). The minimum atomic E-state index is -1.26. The Morgan fingerprint density at radius 2 is 2.07 bits per heavy atom. The summed E-state index contributed by atoms with van der Waals surface area (Å²) < 4.78 is 5.26. The Morgan fingerprint density at radius 1 is 1.36 bits per heavy atom. The van der Waals surface area contributed by atoms with Crippen LogP contribution in [0.25, 0.3) is 0 Å². The predicted molar refractivity (Wildman–Crippen MR) is 101 cm³/mol. The minimum Gasteiger partial charge on any atom is -0.371 e. The molecule has 0 unspecified atom stereocenters. The number of hydrazone groups is 1. The van der Waals surface area contributed by atoms with Crippen LogP contribution in [0.1, 0.15) is 31.2 Å². The fraction of sp³-hybridized carbons (Fsp3) is 0.500. The largest absolute Gasteiger partial charge is 0.371 e. The molecule has 2 N–H and O–H groups in total. The number of nitrogens with one attached hydrogen (secondary N) is 2. The van der Waals surface area contributed by atoms with E-state index in [0.717, 1.165) is 24.1 Å². The van der Waals surface area contributed by atoms with Gasteiger partial charge in [-0.05, 0) is 43.5 Å². The summed E-state index contributed by atoms with van der Waals surface area (Å²) >= 11 is 0. The molecule has 1 saturated carbocycles. The van der Waals surface area contributed by atoms with Crippen LogP contribution >= 0.6 is 0 Å². The van der Waals surface area contributed by atoms with Crippen molar-refractivity contribution >= 4 is 29.0 Å². The highest BCUT2D eigenvalue weighted by molar-refractivity contribution is 6.10. The summed E-state index contributed by atoms with van der Waals surface area (Å²) in [5.74, 6) is -1.08. The van der Waals surface area contributed by atoms with Crippen molar-refractivity contribution in [2.24, 2.45) is 10.5 Å². The van der Waals surface area contributed by atoms with Gasteiger partial charge in [0.1, 0.15) is 12.0 Å². The number of hydrogen-bond donors (Lipinski definition) is 1. The number of amidine groups is 1. The van der Waals surface area contributed by atoms with Gasteiger partial charge in [0, 0.05) is 17.9 Å². The van der Waals surface area contributed by atoms with E-state index in [1.165, 1.54) is 0 Å². The number of nitrogens with zero attached hydrogens (tertiary/aromatic N) is 3. The number of rotatable bonds is 5. The Kier molecular flexibility index (Phi) is 5.59. The van der Waals surface area contributed by atoms with Crippen LogP contribution in [0, 0.1) is 22.5 Å². The lowest BCUT2D eigenvalue weighted by Crippen LogP contribution is -2.43. The topological polar surface area (TPSA) is 138 Å². The summed E-state index contributed by atoms with van der Waals surface area (Å²) in [6.07, 6.45) is 2.30. The Balaban J connectivity index is 1.81. The lowest BCUT2D eigenvalue weighted by atomic mass is 9.84. The Hall–Kier alpha value is -3.01. The predicted octanol–water partition coefficient (Wildman–Crippen LogP) is 1.73. The molecule has 0 atom stereocenters. The molecule has 28 heavy (non-hydrogen) atoms. The highest BCUT2D eigenvalue weighted by atomic mass is 16.7. The van der Waals surface area contributed by atoms with E-state index >= 15 is 0 Å². The number of amides is 2. The molecule has 1 aromatic carbocycles. The van der Waals surface area contributed by atoms with Crippen molar-refractivity contribution in [3.8, 4) is 0 Å². The molecule has 2 amide bonds. The fourth-order valence-electron chi connectivity index (χ4n) is 3.79. The van der Waals surface area contributed by atoms with Crippen LogP contribution in [0.15, 0.2) is 23.3 Å². The molecule has 1 saturated heterocycles. The van der Waals surface area contributed by atoms with Gasteiger partial charge in [-0.25, -0.2) is 10.1 Å². The first-order valence-electron chi connectivity index (χ1n) is 9.09. The van der Waals surface area contributed by atoms with E-state index in [9.17, 15) is 19.7 Å². The van der Waals surface area contributed by atoms with Crippen molar-refractivity contribution in [2.75, 3.05) is 30.0 Å². The monoisotopic (exact) mass is 388 g/mol. The van der Waals surface area contributed by atoms with Crippen LogP contribution in [0.5, 0.6) is 0 Å². The molecule has 2 aliphatic rings. The zero-order chi connectivity index (χ0) is 20.3. The van der Waals surface area contributed by atoms with Crippen LogP contribution in [0.4, 0.5) is 11.4 Å². The minimum absolute atomic E-state index is 0.0486. The highest BCUT2D eigenvalue weighted by Crippen LogP contribution is 2.39. The zero-order valence-electron chi connectivity index (χ0n) is 15.6. The maximum atomic E-state index is 12.7. The first-order chi connectivity index (χ1) is 13.3. The zero-order valence-corrected chi connectivity index (χ0v) is 15.6. The number of aryl methyl sites for hydroxylation is 1. The lowest BCUT2D eigenvalue weighted by Gasteiger charge is -2.30. The van der Waals surface area contributed by atoms with Gasteiger partial charge in [0.25, 0.3) is 5.91 Å². The van der Waals surface area contributed by atoms with Gasteiger partial charge in [0.15, 0.2) is 5.03 Å². The van der Waals surface area contributed by atoms with Gasteiger partial charge in [0.05, 0.1) is 11.7 Å². The molecule has 0 bridgehead atoms. The van der Waals surface area contributed by atoms with Crippen molar-refractivity contribution < 1.29 is 19.4 Å². The van der Waals surface area contributed by atoms with Crippen LogP contribution in [-0.2, 0) is 14.3 Å². The lowest BCUT2D eigenvalue weighted by molar-refractivity contribution is -0.485. The number of anilines is 2. The average Bonchev–Trinajstić information content (AvgIpc) is 3.14. The first-order valence-corrected chi connectivity index (χ1v) is 9.09. The van der Waals surface area contributed by atoms with Crippen molar-refractivity contribution in [3.05, 3.63) is 33.9 Å². The summed E-state index contributed by atoms with van der Waals surface area (Å²) in [5, 5.41) is 16.2. The van der Waals surface area contributed by atoms with Crippen LogP contribution in [-0.4, -0.2) is 42.4 Å². The number of morpholine rings is 1. The van der Waals surface area contributed by atoms with Gasteiger partial charge < -0.3 is 15.0 Å². The molecule has 0 spiro atoms. The van der Waals surface area contributed by atoms with Crippen molar-refractivity contribution in [1.29, 1.82) is 0 Å². The smallest absolute Gasteiger partial charge is 0.254 e. The number of carbonyl (C=O) groups is 2. The molecule has 0 aromatic heterocycles. The van der Waals surface area contributed by atoms with E-state index < -0.39 is 22.3 Å². The number of nitro groups is 1. The standard InChI is InChI=1S/C18H22N5O5/c1-12-10-13(20-17(25)18(16(19)24)6-2-3-7-18)4-5-14(12)22-8-9-28-11-15(22)21-23(26)27/h4-5,10,19H,2-3,6-9,11H2,1H3,(H,20,25). The second-order valence-corrected chi connectivity index (χ2v) is 7.03. The maximum Gasteiger partial charge on any atom is 0.254 e. The molecule has 1 aromatic rings.